The first-order valence-electron chi connectivity index (χ1n) is 6.92. The number of benzene rings is 1. The van der Waals surface area contributed by atoms with Gasteiger partial charge in [-0.2, -0.15) is 0 Å². The molecule has 0 aromatic heterocycles. The number of nitrogens with zero attached hydrogens (tertiary/aromatic N) is 1. The van der Waals surface area contributed by atoms with Crippen molar-refractivity contribution in [3.8, 4) is 0 Å². The molecule has 1 fully saturated rings. The van der Waals surface area contributed by atoms with Gasteiger partial charge in [-0.1, -0.05) is 25.0 Å². The van der Waals surface area contributed by atoms with Crippen LogP contribution in [0.3, 0.4) is 0 Å². The summed E-state index contributed by atoms with van der Waals surface area (Å²) < 4.78 is 13.2. The number of likely N-dealkylation sites (tertiary alicyclic amines) is 1. The van der Waals surface area contributed by atoms with Crippen molar-refractivity contribution in [1.82, 2.24) is 4.90 Å². The van der Waals surface area contributed by atoms with Crippen molar-refractivity contribution >= 4 is 0 Å². The van der Waals surface area contributed by atoms with Crippen molar-refractivity contribution in [2.75, 3.05) is 13.1 Å². The lowest BCUT2D eigenvalue weighted by Crippen LogP contribution is -2.38. The van der Waals surface area contributed by atoms with E-state index in [0.717, 1.165) is 18.7 Å². The molecule has 1 saturated heterocycles. The van der Waals surface area contributed by atoms with Crippen LogP contribution in [0.1, 0.15) is 44.2 Å². The maximum atomic E-state index is 13.2. The molecule has 2 N–H and O–H groups in total. The van der Waals surface area contributed by atoms with Gasteiger partial charge in [0.15, 0.2) is 0 Å². The van der Waals surface area contributed by atoms with Crippen molar-refractivity contribution in [3.05, 3.63) is 35.6 Å². The van der Waals surface area contributed by atoms with Crippen LogP contribution in [0.15, 0.2) is 24.3 Å². The molecule has 2 nitrogen and oxygen atoms in total. The predicted octanol–water partition coefficient (Wildman–Crippen LogP) is 3.09. The Morgan fingerprint density at radius 2 is 2.22 bits per heavy atom. The molecule has 18 heavy (non-hydrogen) atoms. The van der Waals surface area contributed by atoms with Crippen LogP contribution in [0, 0.1) is 5.82 Å². The van der Waals surface area contributed by atoms with Gasteiger partial charge in [0.1, 0.15) is 5.82 Å². The van der Waals surface area contributed by atoms with E-state index >= 15 is 0 Å². The van der Waals surface area contributed by atoms with Gasteiger partial charge in [0.2, 0.25) is 0 Å². The quantitative estimate of drug-likeness (QED) is 0.893. The van der Waals surface area contributed by atoms with Gasteiger partial charge in [-0.3, -0.25) is 4.90 Å². The lowest BCUT2D eigenvalue weighted by atomic mass is 10.1. The standard InChI is InChI=1S/C15H23FN2/c1-12-6-3-2-4-9-18(12)11-15(17)13-7-5-8-14(16)10-13/h5,7-8,10,12,15H,2-4,6,9,11,17H2,1H3. The van der Waals surface area contributed by atoms with Crippen LogP contribution in [0.2, 0.25) is 0 Å². The number of rotatable bonds is 3. The van der Waals surface area contributed by atoms with Crippen molar-refractivity contribution in [3.63, 3.8) is 0 Å². The first-order chi connectivity index (χ1) is 8.66. The Morgan fingerprint density at radius 1 is 1.39 bits per heavy atom. The van der Waals surface area contributed by atoms with Crippen LogP contribution in [-0.4, -0.2) is 24.0 Å². The summed E-state index contributed by atoms with van der Waals surface area (Å²) in [5, 5.41) is 0. The third-order valence-electron chi connectivity index (χ3n) is 3.90. The van der Waals surface area contributed by atoms with Gasteiger partial charge < -0.3 is 5.73 Å². The highest BCUT2D eigenvalue weighted by Gasteiger charge is 2.19. The monoisotopic (exact) mass is 250 g/mol. The van der Waals surface area contributed by atoms with Crippen molar-refractivity contribution in [2.24, 2.45) is 5.73 Å². The van der Waals surface area contributed by atoms with Crippen LogP contribution in [-0.2, 0) is 0 Å². The SMILES string of the molecule is CC1CCCCCN1CC(N)c1cccc(F)c1. The lowest BCUT2D eigenvalue weighted by molar-refractivity contribution is 0.201. The Bertz CT molecular complexity index is 381. The summed E-state index contributed by atoms with van der Waals surface area (Å²) in [5.74, 6) is -0.202. The zero-order chi connectivity index (χ0) is 13.0. The summed E-state index contributed by atoms with van der Waals surface area (Å²) in [6, 6.07) is 7.15. The molecule has 100 valence electrons. The topological polar surface area (TPSA) is 29.3 Å². The first kappa shape index (κ1) is 13.5. The second-order valence-electron chi connectivity index (χ2n) is 5.35. The van der Waals surface area contributed by atoms with Gasteiger partial charge in [-0.15, -0.1) is 0 Å². The van der Waals surface area contributed by atoms with Gasteiger partial charge in [-0.25, -0.2) is 4.39 Å². The molecule has 1 aromatic rings. The van der Waals surface area contributed by atoms with Crippen LogP contribution in [0.4, 0.5) is 4.39 Å². The van der Waals surface area contributed by atoms with Gasteiger partial charge in [-0.05, 0) is 44.0 Å². The number of nitrogens with two attached hydrogens (primary N) is 1. The Kier molecular flexibility index (Phi) is 4.72. The molecule has 0 saturated carbocycles. The highest BCUT2D eigenvalue weighted by Crippen LogP contribution is 2.20. The smallest absolute Gasteiger partial charge is 0.123 e. The summed E-state index contributed by atoms with van der Waals surface area (Å²) in [7, 11) is 0. The van der Waals surface area contributed by atoms with E-state index in [-0.39, 0.29) is 11.9 Å². The molecule has 0 radical (unpaired) electrons. The van der Waals surface area contributed by atoms with Crippen molar-refractivity contribution in [2.45, 2.75) is 44.7 Å². The molecule has 1 aliphatic heterocycles. The molecular formula is C15H23FN2. The highest BCUT2D eigenvalue weighted by molar-refractivity contribution is 5.20. The van der Waals surface area contributed by atoms with Crippen molar-refractivity contribution in [1.29, 1.82) is 0 Å². The van der Waals surface area contributed by atoms with E-state index in [0.29, 0.717) is 6.04 Å². The summed E-state index contributed by atoms with van der Waals surface area (Å²) in [4.78, 5) is 2.45. The molecule has 1 heterocycles. The second-order valence-corrected chi connectivity index (χ2v) is 5.35. The van der Waals surface area contributed by atoms with Crippen LogP contribution >= 0.6 is 0 Å². The second kappa shape index (κ2) is 6.30. The maximum absolute atomic E-state index is 13.2. The molecule has 0 amide bonds. The third kappa shape index (κ3) is 3.53. The molecule has 2 unspecified atom stereocenters. The van der Waals surface area contributed by atoms with Gasteiger partial charge >= 0.3 is 0 Å². The third-order valence-corrected chi connectivity index (χ3v) is 3.90. The zero-order valence-corrected chi connectivity index (χ0v) is 11.1. The van der Waals surface area contributed by atoms with E-state index < -0.39 is 0 Å². The van der Waals surface area contributed by atoms with Crippen molar-refractivity contribution < 1.29 is 4.39 Å². The first-order valence-corrected chi connectivity index (χ1v) is 6.92. The minimum absolute atomic E-state index is 0.0961. The number of hydrogen-bond acceptors (Lipinski definition) is 2. The average molecular weight is 250 g/mol. The molecule has 0 aliphatic carbocycles. The Labute approximate surface area is 109 Å². The fourth-order valence-electron chi connectivity index (χ4n) is 2.70. The predicted molar refractivity (Wildman–Crippen MR) is 72.8 cm³/mol. The molecular weight excluding hydrogens is 227 g/mol. The average Bonchev–Trinajstić information content (AvgIpc) is 2.55. The summed E-state index contributed by atoms with van der Waals surface area (Å²) in [6.45, 7) is 4.21. The van der Waals surface area contributed by atoms with E-state index in [4.69, 9.17) is 5.73 Å². The fraction of sp³-hybridized carbons (Fsp3) is 0.600. The summed E-state index contributed by atoms with van der Waals surface area (Å²) >= 11 is 0. The minimum Gasteiger partial charge on any atom is -0.323 e. The van der Waals surface area contributed by atoms with E-state index in [1.54, 1.807) is 12.1 Å². The van der Waals surface area contributed by atoms with E-state index in [1.165, 1.54) is 31.7 Å². The van der Waals surface area contributed by atoms with Crippen LogP contribution in [0.25, 0.3) is 0 Å². The largest absolute Gasteiger partial charge is 0.323 e. The van der Waals surface area contributed by atoms with E-state index in [1.807, 2.05) is 6.07 Å². The van der Waals surface area contributed by atoms with Gasteiger partial charge in [0.05, 0.1) is 0 Å². The fourth-order valence-corrected chi connectivity index (χ4v) is 2.70. The van der Waals surface area contributed by atoms with Gasteiger partial charge in [0.25, 0.3) is 0 Å². The molecule has 2 atom stereocenters. The number of hydrogen-bond donors (Lipinski definition) is 1. The molecule has 3 heteroatoms. The molecule has 1 aliphatic rings. The van der Waals surface area contributed by atoms with Crippen LogP contribution in [0.5, 0.6) is 0 Å². The van der Waals surface area contributed by atoms with Crippen LogP contribution < -0.4 is 5.73 Å². The summed E-state index contributed by atoms with van der Waals surface area (Å²) in [5.41, 5.74) is 7.09. The zero-order valence-electron chi connectivity index (χ0n) is 11.1. The molecule has 2 rings (SSSR count). The normalized spacial score (nSPS) is 23.6. The highest BCUT2D eigenvalue weighted by atomic mass is 19.1. The number of halogens is 1. The minimum atomic E-state index is -0.202. The maximum Gasteiger partial charge on any atom is 0.123 e. The van der Waals surface area contributed by atoms with E-state index in [9.17, 15) is 4.39 Å². The molecule has 0 spiro atoms. The Hall–Kier alpha value is -0.930. The molecule has 1 aromatic carbocycles. The summed E-state index contributed by atoms with van der Waals surface area (Å²) in [6.07, 6.45) is 5.12. The molecule has 0 bridgehead atoms. The lowest BCUT2D eigenvalue weighted by Gasteiger charge is -2.29. The van der Waals surface area contributed by atoms with Gasteiger partial charge in [0, 0.05) is 18.6 Å². The Morgan fingerprint density at radius 3 is 3.00 bits per heavy atom. The van der Waals surface area contributed by atoms with E-state index in [2.05, 4.69) is 11.8 Å². The Balaban J connectivity index is 1.99.